The molecule has 0 fully saturated rings. The van der Waals surface area contributed by atoms with Crippen LogP contribution < -0.4 is 4.72 Å². The molecule has 0 atom stereocenters. The van der Waals surface area contributed by atoms with Crippen LogP contribution in [0.15, 0.2) is 27.0 Å². The van der Waals surface area contributed by atoms with Gasteiger partial charge >= 0.3 is 5.97 Å². The van der Waals surface area contributed by atoms with E-state index >= 15 is 0 Å². The molecule has 0 radical (unpaired) electrons. The van der Waals surface area contributed by atoms with Crippen molar-refractivity contribution < 1.29 is 18.3 Å². The molecule has 0 aliphatic rings. The fourth-order valence-electron chi connectivity index (χ4n) is 1.70. The van der Waals surface area contributed by atoms with Gasteiger partial charge in [0.05, 0.1) is 20.4 Å². The summed E-state index contributed by atoms with van der Waals surface area (Å²) in [6.45, 7) is 3.30. The molecular formula is C12H11BrN2O4S2. The van der Waals surface area contributed by atoms with Gasteiger partial charge in [-0.25, -0.2) is 18.2 Å². The Labute approximate surface area is 134 Å². The van der Waals surface area contributed by atoms with Gasteiger partial charge in [-0.3, -0.25) is 4.72 Å². The summed E-state index contributed by atoms with van der Waals surface area (Å²) in [6, 6.07) is 2.59. The lowest BCUT2D eigenvalue weighted by molar-refractivity contribution is 0.0696. The largest absolute Gasteiger partial charge is 0.478 e. The average Bonchev–Trinajstić information content (AvgIpc) is 2.76. The molecule has 0 bridgehead atoms. The summed E-state index contributed by atoms with van der Waals surface area (Å²) in [5, 5.41) is 9.26. The van der Waals surface area contributed by atoms with Crippen LogP contribution in [0.5, 0.6) is 0 Å². The van der Waals surface area contributed by atoms with Crippen LogP contribution in [-0.2, 0) is 10.0 Å². The van der Waals surface area contributed by atoms with E-state index in [0.717, 1.165) is 17.4 Å². The molecule has 1 aromatic carbocycles. The molecule has 21 heavy (non-hydrogen) atoms. The number of sulfonamides is 1. The summed E-state index contributed by atoms with van der Waals surface area (Å²) < 4.78 is 27.8. The molecule has 0 saturated carbocycles. The third-order valence-electron chi connectivity index (χ3n) is 2.86. The highest BCUT2D eigenvalue weighted by molar-refractivity contribution is 9.11. The molecule has 2 rings (SSSR count). The highest BCUT2D eigenvalue weighted by atomic mass is 79.9. The van der Waals surface area contributed by atoms with Crippen molar-refractivity contribution in [1.82, 2.24) is 4.98 Å². The lowest BCUT2D eigenvalue weighted by Crippen LogP contribution is -2.15. The number of carboxylic acid groups (broad SMARTS) is 1. The monoisotopic (exact) mass is 390 g/mol. The van der Waals surface area contributed by atoms with Gasteiger partial charge in [-0.2, -0.15) is 0 Å². The Balaban J connectivity index is 2.51. The number of halogens is 1. The first-order valence-electron chi connectivity index (χ1n) is 5.69. The smallest absolute Gasteiger partial charge is 0.335 e. The molecule has 0 aliphatic heterocycles. The van der Waals surface area contributed by atoms with Crippen LogP contribution in [0.4, 0.5) is 5.13 Å². The number of aryl methyl sites for hydroxylation is 1. The Hall–Kier alpha value is -1.45. The van der Waals surface area contributed by atoms with Gasteiger partial charge in [0, 0.05) is 0 Å². The summed E-state index contributed by atoms with van der Waals surface area (Å²) in [6.07, 6.45) is 1.48. The maximum atomic E-state index is 12.4. The van der Waals surface area contributed by atoms with Gasteiger partial charge in [-0.1, -0.05) is 11.3 Å². The van der Waals surface area contributed by atoms with Crippen molar-refractivity contribution in [3.63, 3.8) is 0 Å². The summed E-state index contributed by atoms with van der Waals surface area (Å²) in [5.41, 5.74) is 1.03. The van der Waals surface area contributed by atoms with E-state index in [9.17, 15) is 13.2 Å². The van der Waals surface area contributed by atoms with E-state index in [2.05, 4.69) is 25.6 Å². The van der Waals surface area contributed by atoms with Gasteiger partial charge in [0.2, 0.25) is 0 Å². The molecule has 0 amide bonds. The number of nitrogens with one attached hydrogen (secondary N) is 1. The number of anilines is 1. The first-order chi connectivity index (χ1) is 9.70. The van der Waals surface area contributed by atoms with Crippen molar-refractivity contribution in [3.8, 4) is 0 Å². The number of hydrogen-bond donors (Lipinski definition) is 2. The van der Waals surface area contributed by atoms with Crippen molar-refractivity contribution in [2.75, 3.05) is 4.72 Å². The normalized spacial score (nSPS) is 11.4. The second kappa shape index (κ2) is 5.74. The van der Waals surface area contributed by atoms with Crippen molar-refractivity contribution in [2.45, 2.75) is 18.7 Å². The van der Waals surface area contributed by atoms with Crippen LogP contribution in [-0.4, -0.2) is 24.5 Å². The minimum absolute atomic E-state index is 0.0637. The number of hydrogen-bond acceptors (Lipinski definition) is 5. The number of aromatic carboxylic acids is 1. The van der Waals surface area contributed by atoms with Crippen LogP contribution >= 0.6 is 27.3 Å². The number of benzene rings is 1. The van der Waals surface area contributed by atoms with Gasteiger partial charge in [-0.15, -0.1) is 0 Å². The molecule has 6 nitrogen and oxygen atoms in total. The summed E-state index contributed by atoms with van der Waals surface area (Å²) in [7, 11) is -3.90. The summed E-state index contributed by atoms with van der Waals surface area (Å²) in [4.78, 5) is 14.9. The summed E-state index contributed by atoms with van der Waals surface area (Å²) >= 11 is 4.32. The predicted molar refractivity (Wildman–Crippen MR) is 83.5 cm³/mol. The molecule has 0 saturated heterocycles. The molecule has 112 valence electrons. The van der Waals surface area contributed by atoms with E-state index in [1.165, 1.54) is 12.3 Å². The van der Waals surface area contributed by atoms with E-state index in [4.69, 9.17) is 5.11 Å². The molecular weight excluding hydrogens is 380 g/mol. The van der Waals surface area contributed by atoms with Crippen LogP contribution in [0.25, 0.3) is 0 Å². The number of rotatable bonds is 4. The maximum Gasteiger partial charge on any atom is 0.335 e. The molecule has 0 spiro atoms. The molecule has 1 aromatic heterocycles. The molecule has 2 N–H and O–H groups in total. The number of carbonyl (C=O) groups is 1. The number of aromatic nitrogens is 1. The van der Waals surface area contributed by atoms with Crippen LogP contribution in [0.2, 0.25) is 0 Å². The minimum atomic E-state index is -3.90. The Morgan fingerprint density at radius 2 is 2.05 bits per heavy atom. The number of nitrogens with zero attached hydrogens (tertiary/aromatic N) is 1. The van der Waals surface area contributed by atoms with E-state index in [-0.39, 0.29) is 15.6 Å². The number of carboxylic acids is 1. The van der Waals surface area contributed by atoms with Gasteiger partial charge in [-0.05, 0) is 53.0 Å². The van der Waals surface area contributed by atoms with Gasteiger partial charge in [0.15, 0.2) is 5.13 Å². The first-order valence-corrected chi connectivity index (χ1v) is 8.78. The predicted octanol–water partition coefficient (Wildman–Crippen LogP) is 3.02. The van der Waals surface area contributed by atoms with E-state index in [0.29, 0.717) is 14.9 Å². The highest BCUT2D eigenvalue weighted by Crippen LogP contribution is 2.27. The third-order valence-corrected chi connectivity index (χ3v) is 5.84. The zero-order valence-corrected chi connectivity index (χ0v) is 14.3. The zero-order valence-electron chi connectivity index (χ0n) is 11.0. The number of thiazole rings is 1. The molecule has 0 aliphatic carbocycles. The zero-order chi connectivity index (χ0) is 15.8. The Morgan fingerprint density at radius 1 is 1.38 bits per heavy atom. The standard InChI is InChI=1S/C12H11BrN2O4S2/c1-6-3-8(11(16)17)4-9(7(6)2)21(18,19)15-12-14-5-10(13)20-12/h3-5H,1-2H3,(H,14,15)(H,16,17). The van der Waals surface area contributed by atoms with Gasteiger partial charge in [0.25, 0.3) is 10.0 Å². The van der Waals surface area contributed by atoms with Crippen LogP contribution in [0.3, 0.4) is 0 Å². The van der Waals surface area contributed by atoms with E-state index in [1.807, 2.05) is 0 Å². The van der Waals surface area contributed by atoms with Gasteiger partial charge < -0.3 is 5.11 Å². The second-order valence-corrected chi connectivity index (χ2v) is 8.36. The summed E-state index contributed by atoms with van der Waals surface area (Å²) in [5.74, 6) is -1.17. The quantitative estimate of drug-likeness (QED) is 0.835. The molecule has 1 heterocycles. The lowest BCUT2D eigenvalue weighted by Gasteiger charge is -2.11. The first kappa shape index (κ1) is 15.9. The highest BCUT2D eigenvalue weighted by Gasteiger charge is 2.22. The third kappa shape index (κ3) is 3.42. The Kier molecular flexibility index (Phi) is 4.35. The molecule has 2 aromatic rings. The van der Waals surface area contributed by atoms with E-state index < -0.39 is 16.0 Å². The van der Waals surface area contributed by atoms with Crippen molar-refractivity contribution in [2.24, 2.45) is 0 Å². The van der Waals surface area contributed by atoms with E-state index in [1.54, 1.807) is 13.8 Å². The van der Waals surface area contributed by atoms with Crippen molar-refractivity contribution in [1.29, 1.82) is 0 Å². The lowest BCUT2D eigenvalue weighted by atomic mass is 10.1. The molecule has 9 heteroatoms. The fourth-order valence-corrected chi connectivity index (χ4v) is 4.39. The van der Waals surface area contributed by atoms with Crippen LogP contribution in [0.1, 0.15) is 21.5 Å². The van der Waals surface area contributed by atoms with Gasteiger partial charge in [0.1, 0.15) is 0 Å². The second-order valence-electron chi connectivity index (χ2n) is 4.30. The maximum absolute atomic E-state index is 12.4. The topological polar surface area (TPSA) is 96.4 Å². The van der Waals surface area contributed by atoms with Crippen molar-refractivity contribution >= 4 is 48.4 Å². The SMILES string of the molecule is Cc1cc(C(=O)O)cc(S(=O)(=O)Nc2ncc(Br)s2)c1C. The minimum Gasteiger partial charge on any atom is -0.478 e. The Morgan fingerprint density at radius 3 is 2.57 bits per heavy atom. The van der Waals surface area contributed by atoms with Crippen LogP contribution in [0, 0.1) is 13.8 Å². The fraction of sp³-hybridized carbons (Fsp3) is 0.167. The average molecular weight is 391 g/mol. The molecule has 0 unspecified atom stereocenters. The van der Waals surface area contributed by atoms with Crippen molar-refractivity contribution in [3.05, 3.63) is 38.8 Å². The Bertz CT molecular complexity index is 815.